The van der Waals surface area contributed by atoms with Gasteiger partial charge in [0.25, 0.3) is 0 Å². The van der Waals surface area contributed by atoms with Gasteiger partial charge < -0.3 is 15.2 Å². The van der Waals surface area contributed by atoms with E-state index in [2.05, 4.69) is 20.6 Å². The average molecular weight is 378 g/mol. The smallest absolute Gasteiger partial charge is 0.191 e. The number of sulfone groups is 1. The molecule has 0 atom stereocenters. The van der Waals surface area contributed by atoms with Crippen molar-refractivity contribution < 1.29 is 8.42 Å². The molecule has 2 aromatic rings. The Morgan fingerprint density at radius 3 is 2.73 bits per heavy atom. The minimum Gasteiger partial charge on any atom is -0.357 e. The summed E-state index contributed by atoms with van der Waals surface area (Å²) in [5.41, 5.74) is 1.73. The van der Waals surface area contributed by atoms with E-state index < -0.39 is 9.84 Å². The molecule has 2 rings (SSSR count). The van der Waals surface area contributed by atoms with E-state index in [4.69, 9.17) is 0 Å². The van der Waals surface area contributed by atoms with Crippen molar-refractivity contribution >= 4 is 15.8 Å². The van der Waals surface area contributed by atoms with E-state index in [1.165, 1.54) is 6.26 Å². The van der Waals surface area contributed by atoms with Crippen molar-refractivity contribution in [3.8, 4) is 0 Å². The third-order valence-electron chi connectivity index (χ3n) is 3.85. The van der Waals surface area contributed by atoms with Gasteiger partial charge in [-0.1, -0.05) is 12.1 Å². The van der Waals surface area contributed by atoms with Crippen LogP contribution in [0.4, 0.5) is 0 Å². The van der Waals surface area contributed by atoms with E-state index in [-0.39, 0.29) is 0 Å². The Kier molecular flexibility index (Phi) is 7.20. The van der Waals surface area contributed by atoms with Gasteiger partial charge in [0.2, 0.25) is 0 Å². The molecule has 0 radical (unpaired) electrons. The number of hydrogen-bond acceptors (Lipinski definition) is 4. The van der Waals surface area contributed by atoms with E-state index in [1.807, 2.05) is 43.1 Å². The normalized spacial score (nSPS) is 12.2. The quantitative estimate of drug-likeness (QED) is 0.416. The highest BCUT2D eigenvalue weighted by Crippen LogP contribution is 2.17. The molecule has 1 aromatic heterocycles. The number of imidazole rings is 1. The predicted molar refractivity (Wildman–Crippen MR) is 104 cm³/mol. The zero-order valence-electron chi connectivity index (χ0n) is 15.6. The molecule has 0 aliphatic rings. The number of rotatable bonds is 8. The molecule has 2 N–H and O–H groups in total. The minimum absolute atomic E-state index is 0.370. The maximum Gasteiger partial charge on any atom is 0.191 e. The summed E-state index contributed by atoms with van der Waals surface area (Å²) in [5, 5.41) is 6.53. The second-order valence-corrected chi connectivity index (χ2v) is 8.13. The van der Waals surface area contributed by atoms with E-state index in [1.54, 1.807) is 12.3 Å². The SMILES string of the molecule is CCNC(=NCc1ccc(S(C)(=O)=O)c(C)c1)NCCCn1ccnc1. The monoisotopic (exact) mass is 377 g/mol. The Morgan fingerprint density at radius 1 is 1.31 bits per heavy atom. The van der Waals surface area contributed by atoms with Crippen molar-refractivity contribution in [1.82, 2.24) is 20.2 Å². The van der Waals surface area contributed by atoms with Crippen LogP contribution in [0.25, 0.3) is 0 Å². The van der Waals surface area contributed by atoms with Crippen molar-refractivity contribution in [2.24, 2.45) is 4.99 Å². The Hall–Kier alpha value is -2.35. The number of benzene rings is 1. The molecule has 8 heteroatoms. The van der Waals surface area contributed by atoms with Gasteiger partial charge in [-0.3, -0.25) is 0 Å². The van der Waals surface area contributed by atoms with E-state index >= 15 is 0 Å². The Morgan fingerprint density at radius 2 is 2.12 bits per heavy atom. The van der Waals surface area contributed by atoms with Crippen LogP contribution < -0.4 is 10.6 Å². The van der Waals surface area contributed by atoms with Crippen LogP contribution in [0.15, 0.2) is 46.8 Å². The maximum absolute atomic E-state index is 11.7. The first-order valence-electron chi connectivity index (χ1n) is 8.67. The first kappa shape index (κ1) is 20.0. The van der Waals surface area contributed by atoms with Crippen LogP contribution in [-0.2, 0) is 22.9 Å². The van der Waals surface area contributed by atoms with Gasteiger partial charge in [0, 0.05) is 38.3 Å². The van der Waals surface area contributed by atoms with Crippen molar-refractivity contribution in [3.05, 3.63) is 48.0 Å². The Balaban J connectivity index is 1.92. The second kappa shape index (κ2) is 9.38. The highest BCUT2D eigenvalue weighted by atomic mass is 32.2. The third-order valence-corrected chi connectivity index (χ3v) is 5.10. The molecular formula is C18H27N5O2S. The van der Waals surface area contributed by atoms with Crippen LogP contribution in [-0.4, -0.2) is 43.3 Å². The molecule has 0 fully saturated rings. The van der Waals surface area contributed by atoms with Gasteiger partial charge in [-0.25, -0.2) is 18.4 Å². The van der Waals surface area contributed by atoms with Crippen LogP contribution in [0.2, 0.25) is 0 Å². The Bertz CT molecular complexity index is 829. The van der Waals surface area contributed by atoms with Crippen molar-refractivity contribution in [2.45, 2.75) is 38.3 Å². The van der Waals surface area contributed by atoms with Gasteiger partial charge in [0.1, 0.15) is 0 Å². The highest BCUT2D eigenvalue weighted by Gasteiger charge is 2.10. The fourth-order valence-corrected chi connectivity index (χ4v) is 3.58. The lowest BCUT2D eigenvalue weighted by Gasteiger charge is -2.12. The van der Waals surface area contributed by atoms with E-state index in [0.29, 0.717) is 11.4 Å². The molecule has 0 aliphatic carbocycles. The van der Waals surface area contributed by atoms with Crippen LogP contribution in [0.3, 0.4) is 0 Å². The molecule has 1 aromatic carbocycles. The van der Waals surface area contributed by atoms with E-state index in [0.717, 1.165) is 43.1 Å². The maximum atomic E-state index is 11.7. The molecular weight excluding hydrogens is 350 g/mol. The molecule has 0 saturated heterocycles. The molecule has 142 valence electrons. The van der Waals surface area contributed by atoms with E-state index in [9.17, 15) is 8.42 Å². The number of nitrogens with one attached hydrogen (secondary N) is 2. The Labute approximate surface area is 155 Å². The number of aryl methyl sites for hydroxylation is 2. The summed E-state index contributed by atoms with van der Waals surface area (Å²) in [4.78, 5) is 8.97. The molecule has 0 amide bonds. The molecule has 7 nitrogen and oxygen atoms in total. The molecule has 0 unspecified atom stereocenters. The minimum atomic E-state index is -3.19. The summed E-state index contributed by atoms with van der Waals surface area (Å²) >= 11 is 0. The zero-order chi connectivity index (χ0) is 19.0. The van der Waals surface area contributed by atoms with Gasteiger partial charge in [-0.2, -0.15) is 0 Å². The number of nitrogens with zero attached hydrogens (tertiary/aromatic N) is 3. The second-order valence-electron chi connectivity index (χ2n) is 6.15. The lowest BCUT2D eigenvalue weighted by atomic mass is 10.1. The number of aliphatic imine (C=N–C) groups is 1. The zero-order valence-corrected chi connectivity index (χ0v) is 16.4. The molecule has 0 spiro atoms. The molecule has 0 aliphatic heterocycles. The summed E-state index contributed by atoms with van der Waals surface area (Å²) in [6.07, 6.45) is 7.71. The van der Waals surface area contributed by atoms with Gasteiger partial charge in [0.05, 0.1) is 17.8 Å². The predicted octanol–water partition coefficient (Wildman–Crippen LogP) is 1.74. The summed E-state index contributed by atoms with van der Waals surface area (Å²) in [6.45, 7) is 6.80. The first-order chi connectivity index (χ1) is 12.4. The number of guanidine groups is 1. The molecule has 0 saturated carbocycles. The molecule has 1 heterocycles. The van der Waals surface area contributed by atoms with Gasteiger partial charge in [-0.05, 0) is 37.5 Å². The van der Waals surface area contributed by atoms with Crippen LogP contribution >= 0.6 is 0 Å². The summed E-state index contributed by atoms with van der Waals surface area (Å²) in [5.74, 6) is 0.753. The lowest BCUT2D eigenvalue weighted by Crippen LogP contribution is -2.38. The topological polar surface area (TPSA) is 88.4 Å². The number of aromatic nitrogens is 2. The largest absolute Gasteiger partial charge is 0.357 e. The van der Waals surface area contributed by atoms with Gasteiger partial charge >= 0.3 is 0 Å². The van der Waals surface area contributed by atoms with Crippen molar-refractivity contribution in [1.29, 1.82) is 0 Å². The first-order valence-corrected chi connectivity index (χ1v) is 10.6. The van der Waals surface area contributed by atoms with Crippen LogP contribution in [0.1, 0.15) is 24.5 Å². The average Bonchev–Trinajstić information content (AvgIpc) is 3.08. The fraction of sp³-hybridized carbons (Fsp3) is 0.444. The standard InChI is InChI=1S/C18H27N5O2S/c1-4-20-18(21-8-5-10-23-11-9-19-14-23)22-13-16-6-7-17(15(2)12-16)26(3,24)25/h6-7,9,11-12,14H,4-5,8,10,13H2,1-3H3,(H2,20,21,22). The van der Waals surface area contributed by atoms with Gasteiger partial charge in [-0.15, -0.1) is 0 Å². The summed E-state index contributed by atoms with van der Waals surface area (Å²) < 4.78 is 25.4. The van der Waals surface area contributed by atoms with Gasteiger partial charge in [0.15, 0.2) is 15.8 Å². The number of hydrogen-bond donors (Lipinski definition) is 2. The highest BCUT2D eigenvalue weighted by molar-refractivity contribution is 7.90. The van der Waals surface area contributed by atoms with Crippen molar-refractivity contribution in [3.63, 3.8) is 0 Å². The van der Waals surface area contributed by atoms with Crippen molar-refractivity contribution in [2.75, 3.05) is 19.3 Å². The van der Waals surface area contributed by atoms with Crippen LogP contribution in [0.5, 0.6) is 0 Å². The van der Waals surface area contributed by atoms with Crippen LogP contribution in [0, 0.1) is 6.92 Å². The third kappa shape index (κ3) is 6.18. The summed E-state index contributed by atoms with van der Waals surface area (Å²) in [7, 11) is -3.19. The fourth-order valence-electron chi connectivity index (χ4n) is 2.63. The lowest BCUT2D eigenvalue weighted by molar-refractivity contribution is 0.601. The summed E-state index contributed by atoms with van der Waals surface area (Å²) in [6, 6.07) is 5.35. The molecule has 0 bridgehead atoms. The molecule has 26 heavy (non-hydrogen) atoms.